The molecule has 1 aromatic heterocycles. The van der Waals surface area contributed by atoms with E-state index in [0.29, 0.717) is 5.92 Å². The monoisotopic (exact) mass is 237 g/mol. The summed E-state index contributed by atoms with van der Waals surface area (Å²) in [5.41, 5.74) is -0.0686. The molecule has 0 aromatic carbocycles. The molecule has 1 rings (SSSR count). The van der Waals surface area contributed by atoms with Gasteiger partial charge in [-0.05, 0) is 12.8 Å². The summed E-state index contributed by atoms with van der Waals surface area (Å²) < 4.78 is 0. The topological polar surface area (TPSA) is 92.2 Å². The van der Waals surface area contributed by atoms with Crippen molar-refractivity contribution in [2.24, 2.45) is 5.92 Å². The fourth-order valence-electron chi connectivity index (χ4n) is 1.00. The molecule has 1 atom stereocenters. The first kappa shape index (κ1) is 13.1. The predicted octanol–water partition coefficient (Wildman–Crippen LogP) is 0.949. The van der Waals surface area contributed by atoms with Crippen molar-refractivity contribution in [3.05, 3.63) is 23.8 Å². The van der Waals surface area contributed by atoms with Crippen LogP contribution in [-0.4, -0.2) is 33.0 Å². The number of carbonyl (C=O) groups excluding carboxylic acids is 1. The van der Waals surface area contributed by atoms with E-state index in [4.69, 9.17) is 5.11 Å². The normalized spacial score (nSPS) is 12.2. The van der Waals surface area contributed by atoms with Crippen molar-refractivity contribution in [3.8, 4) is 0 Å². The van der Waals surface area contributed by atoms with E-state index >= 15 is 0 Å². The fraction of sp³-hybridized carbons (Fsp3) is 0.455. The van der Waals surface area contributed by atoms with Gasteiger partial charge in [-0.15, -0.1) is 0 Å². The van der Waals surface area contributed by atoms with Crippen molar-refractivity contribution >= 4 is 11.9 Å². The van der Waals surface area contributed by atoms with Gasteiger partial charge in [-0.25, -0.2) is 14.8 Å². The van der Waals surface area contributed by atoms with E-state index < -0.39 is 5.97 Å². The standard InChI is InChI=1S/C11H15N3O3/c1-6(2)7(3)14-10(15)8-4-13-9(5-12-8)11(16)17/h4-7H,1-3H3,(H,14,15)(H,16,17). The Bertz CT molecular complexity index is 414. The van der Waals surface area contributed by atoms with Gasteiger partial charge >= 0.3 is 5.97 Å². The molecule has 17 heavy (non-hydrogen) atoms. The Labute approximate surface area is 99.1 Å². The lowest BCUT2D eigenvalue weighted by atomic mass is 10.1. The number of carboxylic acids is 1. The van der Waals surface area contributed by atoms with Crippen LogP contribution < -0.4 is 5.32 Å². The van der Waals surface area contributed by atoms with Crippen LogP contribution in [0, 0.1) is 5.92 Å². The maximum Gasteiger partial charge on any atom is 0.356 e. The summed E-state index contributed by atoms with van der Waals surface area (Å²) in [5.74, 6) is -1.21. The number of amides is 1. The molecule has 1 aromatic rings. The van der Waals surface area contributed by atoms with Gasteiger partial charge in [-0.1, -0.05) is 13.8 Å². The van der Waals surface area contributed by atoms with Crippen molar-refractivity contribution in [1.82, 2.24) is 15.3 Å². The molecule has 2 N–H and O–H groups in total. The number of nitrogens with zero attached hydrogens (tertiary/aromatic N) is 2. The highest BCUT2D eigenvalue weighted by Crippen LogP contribution is 2.02. The summed E-state index contributed by atoms with van der Waals surface area (Å²) in [5, 5.41) is 11.4. The lowest BCUT2D eigenvalue weighted by Crippen LogP contribution is -2.36. The van der Waals surface area contributed by atoms with Crippen LogP contribution in [0.3, 0.4) is 0 Å². The van der Waals surface area contributed by atoms with E-state index in [1.807, 2.05) is 20.8 Å². The summed E-state index contributed by atoms with van der Waals surface area (Å²) in [4.78, 5) is 29.6. The number of carbonyl (C=O) groups is 2. The molecule has 1 unspecified atom stereocenters. The average molecular weight is 237 g/mol. The number of aromatic nitrogens is 2. The molecular weight excluding hydrogens is 222 g/mol. The molecule has 1 heterocycles. The molecule has 0 spiro atoms. The van der Waals surface area contributed by atoms with E-state index in [2.05, 4.69) is 15.3 Å². The third kappa shape index (κ3) is 3.51. The van der Waals surface area contributed by atoms with Crippen LogP contribution in [0.2, 0.25) is 0 Å². The minimum Gasteiger partial charge on any atom is -0.476 e. The van der Waals surface area contributed by atoms with Gasteiger partial charge in [0.1, 0.15) is 5.69 Å². The minimum atomic E-state index is -1.17. The largest absolute Gasteiger partial charge is 0.476 e. The van der Waals surface area contributed by atoms with Crippen LogP contribution in [0.1, 0.15) is 41.7 Å². The molecule has 92 valence electrons. The molecule has 0 aliphatic rings. The number of rotatable bonds is 4. The lowest BCUT2D eigenvalue weighted by Gasteiger charge is -2.16. The quantitative estimate of drug-likeness (QED) is 0.813. The van der Waals surface area contributed by atoms with Crippen molar-refractivity contribution in [3.63, 3.8) is 0 Å². The van der Waals surface area contributed by atoms with E-state index in [1.165, 1.54) is 0 Å². The third-order valence-electron chi connectivity index (χ3n) is 2.46. The summed E-state index contributed by atoms with van der Waals surface area (Å²) in [7, 11) is 0. The molecule has 0 aliphatic carbocycles. The molecule has 1 amide bonds. The first-order chi connectivity index (χ1) is 7.91. The Balaban J connectivity index is 2.73. The zero-order valence-corrected chi connectivity index (χ0v) is 9.97. The second kappa shape index (κ2) is 5.38. The zero-order valence-electron chi connectivity index (χ0n) is 9.97. The highest BCUT2D eigenvalue weighted by atomic mass is 16.4. The Morgan fingerprint density at radius 2 is 1.71 bits per heavy atom. The molecule has 6 heteroatoms. The number of hydrogen-bond donors (Lipinski definition) is 2. The van der Waals surface area contributed by atoms with Gasteiger partial charge in [0.05, 0.1) is 12.4 Å². The first-order valence-corrected chi connectivity index (χ1v) is 5.28. The van der Waals surface area contributed by atoms with Gasteiger partial charge in [0.15, 0.2) is 5.69 Å². The Kier molecular flexibility index (Phi) is 4.14. The molecule has 0 aliphatic heterocycles. The van der Waals surface area contributed by atoms with Crippen LogP contribution in [0.15, 0.2) is 12.4 Å². The van der Waals surface area contributed by atoms with Gasteiger partial charge in [0.25, 0.3) is 5.91 Å². The van der Waals surface area contributed by atoms with E-state index in [9.17, 15) is 9.59 Å². The van der Waals surface area contributed by atoms with Gasteiger partial charge < -0.3 is 10.4 Å². The summed E-state index contributed by atoms with van der Waals surface area (Å²) in [6, 6.07) is 0.0171. The SMILES string of the molecule is CC(C)C(C)NC(=O)c1cnc(C(=O)O)cn1. The number of hydrogen-bond acceptors (Lipinski definition) is 4. The Hall–Kier alpha value is -1.98. The van der Waals surface area contributed by atoms with Crippen LogP contribution in [0.5, 0.6) is 0 Å². The molecule has 0 fully saturated rings. The molecule has 0 bridgehead atoms. The molecule has 0 radical (unpaired) electrons. The van der Waals surface area contributed by atoms with Crippen molar-refractivity contribution in [1.29, 1.82) is 0 Å². The summed E-state index contributed by atoms with van der Waals surface area (Å²) >= 11 is 0. The zero-order chi connectivity index (χ0) is 13.0. The van der Waals surface area contributed by atoms with Crippen LogP contribution in [0.25, 0.3) is 0 Å². The van der Waals surface area contributed by atoms with Gasteiger partial charge in [0.2, 0.25) is 0 Å². The number of aromatic carboxylic acids is 1. The first-order valence-electron chi connectivity index (χ1n) is 5.28. The minimum absolute atomic E-state index is 0.0171. The third-order valence-corrected chi connectivity index (χ3v) is 2.46. The maximum atomic E-state index is 11.7. The van der Waals surface area contributed by atoms with Crippen molar-refractivity contribution in [2.45, 2.75) is 26.8 Å². The van der Waals surface area contributed by atoms with Gasteiger partial charge in [-0.2, -0.15) is 0 Å². The van der Waals surface area contributed by atoms with Crippen molar-refractivity contribution < 1.29 is 14.7 Å². The number of carboxylic acid groups (broad SMARTS) is 1. The molecule has 6 nitrogen and oxygen atoms in total. The Morgan fingerprint density at radius 3 is 2.12 bits per heavy atom. The van der Waals surface area contributed by atoms with Crippen molar-refractivity contribution in [2.75, 3.05) is 0 Å². The van der Waals surface area contributed by atoms with Crippen LogP contribution >= 0.6 is 0 Å². The second-order valence-corrected chi connectivity index (χ2v) is 4.10. The van der Waals surface area contributed by atoms with E-state index in [-0.39, 0.29) is 23.3 Å². The van der Waals surface area contributed by atoms with Gasteiger partial charge in [0, 0.05) is 6.04 Å². The van der Waals surface area contributed by atoms with Crippen LogP contribution in [0.4, 0.5) is 0 Å². The fourth-order valence-corrected chi connectivity index (χ4v) is 1.00. The molecule has 0 saturated heterocycles. The van der Waals surface area contributed by atoms with E-state index in [1.54, 1.807) is 0 Å². The summed E-state index contributed by atoms with van der Waals surface area (Å²) in [6.45, 7) is 5.87. The summed E-state index contributed by atoms with van der Waals surface area (Å²) in [6.07, 6.45) is 2.23. The molecule has 0 saturated carbocycles. The highest BCUT2D eigenvalue weighted by Gasteiger charge is 2.14. The lowest BCUT2D eigenvalue weighted by molar-refractivity contribution is 0.0689. The maximum absolute atomic E-state index is 11.7. The Morgan fingerprint density at radius 1 is 1.18 bits per heavy atom. The van der Waals surface area contributed by atoms with Gasteiger partial charge in [-0.3, -0.25) is 4.79 Å². The smallest absolute Gasteiger partial charge is 0.356 e. The average Bonchev–Trinajstić information content (AvgIpc) is 2.28. The van der Waals surface area contributed by atoms with E-state index in [0.717, 1.165) is 12.4 Å². The molecular formula is C11H15N3O3. The predicted molar refractivity (Wildman–Crippen MR) is 60.8 cm³/mol. The second-order valence-electron chi connectivity index (χ2n) is 4.10. The highest BCUT2D eigenvalue weighted by molar-refractivity contribution is 5.92. The number of nitrogens with one attached hydrogen (secondary N) is 1. The van der Waals surface area contributed by atoms with Crippen LogP contribution in [-0.2, 0) is 0 Å².